The standard InChI is InChI=1S/C18H28N6O3S/c1-11(2)16-12(3)17(22-21-16)20-18(25)19-14-10-13(28(26,27)24(6)7)8-9-15(14)23(4)5/h8-11H,1-7H3,(H3,19,20,21,22,25). The molecule has 0 spiro atoms. The fraction of sp³-hybridized carbons (Fsp3) is 0.444. The molecule has 0 bridgehead atoms. The van der Waals surface area contributed by atoms with Crippen molar-refractivity contribution in [3.63, 3.8) is 0 Å². The zero-order valence-corrected chi connectivity index (χ0v) is 18.1. The minimum absolute atomic E-state index is 0.0939. The molecule has 3 N–H and O–H groups in total. The van der Waals surface area contributed by atoms with Gasteiger partial charge in [0.05, 0.1) is 16.3 Å². The molecule has 0 aliphatic rings. The number of aromatic nitrogens is 2. The Hall–Kier alpha value is -2.59. The van der Waals surface area contributed by atoms with E-state index in [2.05, 4.69) is 20.8 Å². The average Bonchev–Trinajstić information content (AvgIpc) is 2.95. The number of nitrogens with one attached hydrogen (secondary N) is 3. The van der Waals surface area contributed by atoms with E-state index in [0.29, 0.717) is 17.2 Å². The van der Waals surface area contributed by atoms with Gasteiger partial charge in [0.15, 0.2) is 5.82 Å². The molecule has 0 saturated heterocycles. The van der Waals surface area contributed by atoms with Crippen LogP contribution in [0.3, 0.4) is 0 Å². The second-order valence-corrected chi connectivity index (χ2v) is 9.36. The highest BCUT2D eigenvalue weighted by molar-refractivity contribution is 7.89. The lowest BCUT2D eigenvalue weighted by Gasteiger charge is -2.20. The van der Waals surface area contributed by atoms with Gasteiger partial charge in [-0.1, -0.05) is 13.8 Å². The number of rotatable bonds is 6. The normalized spacial score (nSPS) is 11.8. The van der Waals surface area contributed by atoms with Gasteiger partial charge in [-0.05, 0) is 31.0 Å². The number of carbonyl (C=O) groups excluding carboxylic acids is 1. The highest BCUT2D eigenvalue weighted by Crippen LogP contribution is 2.29. The Bertz CT molecular complexity index is 964. The molecule has 10 heteroatoms. The molecule has 0 aliphatic heterocycles. The number of nitrogens with zero attached hydrogens (tertiary/aromatic N) is 3. The van der Waals surface area contributed by atoms with Crippen LogP contribution in [-0.4, -0.2) is 57.1 Å². The van der Waals surface area contributed by atoms with E-state index in [1.807, 2.05) is 34.9 Å². The molecule has 28 heavy (non-hydrogen) atoms. The van der Waals surface area contributed by atoms with Crippen LogP contribution in [0.5, 0.6) is 0 Å². The number of benzene rings is 1. The maximum atomic E-state index is 12.5. The lowest BCUT2D eigenvalue weighted by molar-refractivity contribution is 0.262. The van der Waals surface area contributed by atoms with Gasteiger partial charge in [-0.25, -0.2) is 17.5 Å². The van der Waals surface area contributed by atoms with E-state index in [1.54, 1.807) is 11.0 Å². The van der Waals surface area contributed by atoms with Gasteiger partial charge in [0.2, 0.25) is 10.0 Å². The predicted octanol–water partition coefficient (Wildman–Crippen LogP) is 2.80. The Morgan fingerprint density at radius 2 is 1.79 bits per heavy atom. The molecular formula is C18H28N6O3S. The molecule has 2 aromatic rings. The van der Waals surface area contributed by atoms with Crippen molar-refractivity contribution in [1.29, 1.82) is 0 Å². The zero-order chi connectivity index (χ0) is 21.2. The topological polar surface area (TPSA) is 110 Å². The van der Waals surface area contributed by atoms with Gasteiger partial charge in [0, 0.05) is 39.4 Å². The van der Waals surface area contributed by atoms with E-state index in [9.17, 15) is 13.2 Å². The Morgan fingerprint density at radius 3 is 2.29 bits per heavy atom. The van der Waals surface area contributed by atoms with Crippen molar-refractivity contribution in [2.45, 2.75) is 31.6 Å². The van der Waals surface area contributed by atoms with Gasteiger partial charge in [0.25, 0.3) is 0 Å². The quantitative estimate of drug-likeness (QED) is 0.681. The summed E-state index contributed by atoms with van der Waals surface area (Å²) in [6, 6.07) is 4.11. The van der Waals surface area contributed by atoms with Crippen LogP contribution in [0.15, 0.2) is 23.1 Å². The maximum absolute atomic E-state index is 12.5. The van der Waals surface area contributed by atoms with Crippen LogP contribution in [-0.2, 0) is 10.0 Å². The molecular weight excluding hydrogens is 380 g/mol. The smallest absolute Gasteiger partial charge is 0.324 e. The van der Waals surface area contributed by atoms with Crippen LogP contribution >= 0.6 is 0 Å². The van der Waals surface area contributed by atoms with Crippen LogP contribution in [0.1, 0.15) is 31.0 Å². The van der Waals surface area contributed by atoms with Crippen molar-refractivity contribution < 1.29 is 13.2 Å². The van der Waals surface area contributed by atoms with Gasteiger partial charge in [-0.15, -0.1) is 0 Å². The Kier molecular flexibility index (Phi) is 6.35. The van der Waals surface area contributed by atoms with E-state index in [-0.39, 0.29) is 10.8 Å². The molecule has 0 aliphatic carbocycles. The summed E-state index contributed by atoms with van der Waals surface area (Å²) in [5.41, 5.74) is 2.86. The maximum Gasteiger partial charge on any atom is 0.324 e. The summed E-state index contributed by atoms with van der Waals surface area (Å²) in [7, 11) is 2.92. The molecule has 1 aromatic carbocycles. The van der Waals surface area contributed by atoms with E-state index in [4.69, 9.17) is 0 Å². The second-order valence-electron chi connectivity index (χ2n) is 7.21. The van der Waals surface area contributed by atoms with Gasteiger partial charge in [0.1, 0.15) is 0 Å². The first kappa shape index (κ1) is 21.7. The van der Waals surface area contributed by atoms with Gasteiger partial charge in [-0.3, -0.25) is 10.4 Å². The largest absolute Gasteiger partial charge is 0.376 e. The van der Waals surface area contributed by atoms with Crippen molar-refractivity contribution in [2.24, 2.45) is 0 Å². The summed E-state index contributed by atoms with van der Waals surface area (Å²) in [6.45, 7) is 5.94. The van der Waals surface area contributed by atoms with E-state index < -0.39 is 16.1 Å². The van der Waals surface area contributed by atoms with Crippen molar-refractivity contribution >= 4 is 33.2 Å². The van der Waals surface area contributed by atoms with Gasteiger partial charge in [-0.2, -0.15) is 5.10 Å². The molecule has 0 fully saturated rings. The van der Waals surface area contributed by atoms with Crippen molar-refractivity contribution in [2.75, 3.05) is 43.7 Å². The van der Waals surface area contributed by atoms with Gasteiger partial charge >= 0.3 is 6.03 Å². The van der Waals surface area contributed by atoms with Crippen LogP contribution in [0.2, 0.25) is 0 Å². The third kappa shape index (κ3) is 4.45. The van der Waals surface area contributed by atoms with Crippen molar-refractivity contribution in [3.8, 4) is 0 Å². The number of sulfonamides is 1. The summed E-state index contributed by atoms with van der Waals surface area (Å²) in [4.78, 5) is 14.4. The van der Waals surface area contributed by atoms with E-state index in [1.165, 1.54) is 26.2 Å². The first-order valence-corrected chi connectivity index (χ1v) is 10.3. The number of amides is 2. The highest BCUT2D eigenvalue weighted by Gasteiger charge is 2.21. The highest BCUT2D eigenvalue weighted by atomic mass is 32.2. The molecule has 1 heterocycles. The Balaban J connectivity index is 2.32. The average molecular weight is 409 g/mol. The predicted molar refractivity (Wildman–Crippen MR) is 112 cm³/mol. The van der Waals surface area contributed by atoms with Crippen molar-refractivity contribution in [1.82, 2.24) is 14.5 Å². The lowest BCUT2D eigenvalue weighted by atomic mass is 10.1. The first-order valence-electron chi connectivity index (χ1n) is 8.82. The van der Waals surface area contributed by atoms with Gasteiger partial charge < -0.3 is 10.2 Å². The summed E-state index contributed by atoms with van der Waals surface area (Å²) in [6.07, 6.45) is 0. The molecule has 0 atom stereocenters. The molecule has 9 nitrogen and oxygen atoms in total. The van der Waals surface area contributed by atoms with Crippen LogP contribution in [0.4, 0.5) is 22.0 Å². The molecule has 154 valence electrons. The number of hydrogen-bond donors (Lipinski definition) is 3. The fourth-order valence-electron chi connectivity index (χ4n) is 2.73. The molecule has 1 aromatic heterocycles. The number of H-pyrrole nitrogens is 1. The molecule has 0 saturated carbocycles. The Labute approximate surface area is 166 Å². The summed E-state index contributed by atoms with van der Waals surface area (Å²) < 4.78 is 26.0. The number of hydrogen-bond acceptors (Lipinski definition) is 5. The third-order valence-corrected chi connectivity index (χ3v) is 6.14. The summed E-state index contributed by atoms with van der Waals surface area (Å²) in [5, 5.41) is 12.5. The van der Waals surface area contributed by atoms with E-state index >= 15 is 0 Å². The first-order chi connectivity index (χ1) is 12.9. The molecule has 2 amide bonds. The minimum Gasteiger partial charge on any atom is -0.376 e. The Morgan fingerprint density at radius 1 is 1.14 bits per heavy atom. The molecule has 0 radical (unpaired) electrons. The molecule has 0 unspecified atom stereocenters. The third-order valence-electron chi connectivity index (χ3n) is 4.33. The van der Waals surface area contributed by atoms with Crippen LogP contribution < -0.4 is 15.5 Å². The summed E-state index contributed by atoms with van der Waals surface area (Å²) in [5.74, 6) is 0.684. The number of aromatic amines is 1. The lowest BCUT2D eigenvalue weighted by Crippen LogP contribution is -2.24. The molecule has 2 rings (SSSR count). The minimum atomic E-state index is -3.62. The monoisotopic (exact) mass is 408 g/mol. The fourth-order valence-corrected chi connectivity index (χ4v) is 3.66. The van der Waals surface area contributed by atoms with Crippen molar-refractivity contribution in [3.05, 3.63) is 29.5 Å². The number of anilines is 3. The number of urea groups is 1. The van der Waals surface area contributed by atoms with E-state index in [0.717, 1.165) is 15.6 Å². The second kappa shape index (κ2) is 8.19. The van der Waals surface area contributed by atoms with Crippen LogP contribution in [0.25, 0.3) is 0 Å². The van der Waals surface area contributed by atoms with Crippen LogP contribution in [0, 0.1) is 6.92 Å². The number of carbonyl (C=O) groups is 1. The zero-order valence-electron chi connectivity index (χ0n) is 17.3. The SMILES string of the molecule is Cc1c(NC(=O)Nc2cc(S(=O)(=O)N(C)C)ccc2N(C)C)n[nH]c1C(C)C. The summed E-state index contributed by atoms with van der Waals surface area (Å²) >= 11 is 0.